The zero-order valence-electron chi connectivity index (χ0n) is 14.1. The standard InChI is InChI=1S/C19H21FN4O/c20-16-7-5-14(6-8-16)18(25)23-9-11-24(12-10-23)19-21-13-15-3-1-2-4-17(15)22-19/h5-8,13H,1-4,9-12H2. The van der Waals surface area contributed by atoms with Crippen LogP contribution in [0.4, 0.5) is 10.3 Å². The summed E-state index contributed by atoms with van der Waals surface area (Å²) in [6, 6.07) is 5.72. The van der Waals surface area contributed by atoms with Crippen LogP contribution in [-0.2, 0) is 12.8 Å². The van der Waals surface area contributed by atoms with Gasteiger partial charge in [-0.05, 0) is 55.5 Å². The van der Waals surface area contributed by atoms with Crippen LogP contribution >= 0.6 is 0 Å². The Morgan fingerprint density at radius 1 is 1.00 bits per heavy atom. The number of hydrogen-bond donors (Lipinski definition) is 0. The molecule has 0 spiro atoms. The third-order valence-corrected chi connectivity index (χ3v) is 4.99. The molecule has 5 nitrogen and oxygen atoms in total. The van der Waals surface area contributed by atoms with Crippen molar-refractivity contribution >= 4 is 11.9 Å². The van der Waals surface area contributed by atoms with Gasteiger partial charge in [0.25, 0.3) is 5.91 Å². The number of benzene rings is 1. The van der Waals surface area contributed by atoms with Crippen molar-refractivity contribution in [3.8, 4) is 0 Å². The second-order valence-electron chi connectivity index (χ2n) is 6.64. The lowest BCUT2D eigenvalue weighted by Gasteiger charge is -2.35. The lowest BCUT2D eigenvalue weighted by Crippen LogP contribution is -2.49. The van der Waals surface area contributed by atoms with Gasteiger partial charge < -0.3 is 9.80 Å². The fraction of sp³-hybridized carbons (Fsp3) is 0.421. The number of hydrogen-bond acceptors (Lipinski definition) is 4. The monoisotopic (exact) mass is 340 g/mol. The number of rotatable bonds is 2. The first-order valence-corrected chi connectivity index (χ1v) is 8.85. The van der Waals surface area contributed by atoms with Gasteiger partial charge in [0.15, 0.2) is 0 Å². The van der Waals surface area contributed by atoms with Crippen molar-refractivity contribution in [1.82, 2.24) is 14.9 Å². The van der Waals surface area contributed by atoms with Crippen LogP contribution in [0.15, 0.2) is 30.5 Å². The van der Waals surface area contributed by atoms with Crippen LogP contribution in [0.25, 0.3) is 0 Å². The summed E-state index contributed by atoms with van der Waals surface area (Å²) < 4.78 is 13.0. The Bertz CT molecular complexity index is 769. The molecule has 1 aromatic heterocycles. The Hall–Kier alpha value is -2.50. The molecule has 1 aliphatic carbocycles. The molecule has 1 fully saturated rings. The molecule has 0 radical (unpaired) electrons. The molecule has 2 heterocycles. The minimum Gasteiger partial charge on any atom is -0.337 e. The number of aromatic nitrogens is 2. The second-order valence-corrected chi connectivity index (χ2v) is 6.64. The van der Waals surface area contributed by atoms with Gasteiger partial charge in [0.2, 0.25) is 5.95 Å². The Kier molecular flexibility index (Phi) is 4.34. The molecule has 6 heteroatoms. The van der Waals surface area contributed by atoms with E-state index in [1.54, 1.807) is 0 Å². The van der Waals surface area contributed by atoms with E-state index in [1.807, 2.05) is 11.1 Å². The zero-order valence-corrected chi connectivity index (χ0v) is 14.1. The molecule has 0 saturated carbocycles. The van der Waals surface area contributed by atoms with E-state index in [-0.39, 0.29) is 11.7 Å². The number of nitrogens with zero attached hydrogens (tertiary/aromatic N) is 4. The minimum atomic E-state index is -0.328. The third kappa shape index (κ3) is 3.34. The fourth-order valence-corrected chi connectivity index (χ4v) is 3.50. The van der Waals surface area contributed by atoms with Crippen LogP contribution < -0.4 is 4.90 Å². The number of amides is 1. The highest BCUT2D eigenvalue weighted by molar-refractivity contribution is 5.94. The molecule has 2 aliphatic rings. The van der Waals surface area contributed by atoms with E-state index < -0.39 is 0 Å². The summed E-state index contributed by atoms with van der Waals surface area (Å²) in [5.41, 5.74) is 2.99. The summed E-state index contributed by atoms with van der Waals surface area (Å²) in [4.78, 5) is 25.7. The predicted octanol–water partition coefficient (Wildman–Crippen LogP) is 2.46. The van der Waals surface area contributed by atoms with Crippen LogP contribution in [0.2, 0.25) is 0 Å². The summed E-state index contributed by atoms with van der Waals surface area (Å²) in [5, 5.41) is 0. The molecule has 2 aromatic rings. The molecular formula is C19H21FN4O. The number of halogens is 1. The molecule has 25 heavy (non-hydrogen) atoms. The van der Waals surface area contributed by atoms with Gasteiger partial charge in [0.05, 0.1) is 0 Å². The summed E-state index contributed by atoms with van der Waals surface area (Å²) >= 11 is 0. The molecule has 1 saturated heterocycles. The maximum Gasteiger partial charge on any atom is 0.253 e. The summed E-state index contributed by atoms with van der Waals surface area (Å²) in [6.07, 6.45) is 6.50. The van der Waals surface area contributed by atoms with Crippen molar-refractivity contribution in [2.24, 2.45) is 0 Å². The van der Waals surface area contributed by atoms with Crippen molar-refractivity contribution < 1.29 is 9.18 Å². The minimum absolute atomic E-state index is 0.0500. The van der Waals surface area contributed by atoms with Crippen molar-refractivity contribution in [1.29, 1.82) is 0 Å². The lowest BCUT2D eigenvalue weighted by atomic mass is 9.98. The smallest absolute Gasteiger partial charge is 0.253 e. The van der Waals surface area contributed by atoms with Gasteiger partial charge in [-0.1, -0.05) is 0 Å². The Morgan fingerprint density at radius 3 is 2.48 bits per heavy atom. The molecule has 4 rings (SSSR count). The van der Waals surface area contributed by atoms with Crippen LogP contribution in [0, 0.1) is 5.82 Å². The fourth-order valence-electron chi connectivity index (χ4n) is 3.50. The SMILES string of the molecule is O=C(c1ccc(F)cc1)N1CCN(c2ncc3c(n2)CCCC3)CC1. The number of fused-ring (bicyclic) bond motifs is 1. The van der Waals surface area contributed by atoms with Crippen molar-refractivity contribution in [3.05, 3.63) is 53.1 Å². The molecule has 130 valence electrons. The first kappa shape index (κ1) is 16.0. The summed E-state index contributed by atoms with van der Waals surface area (Å²) in [6.45, 7) is 2.67. The Labute approximate surface area is 146 Å². The van der Waals surface area contributed by atoms with Gasteiger partial charge >= 0.3 is 0 Å². The molecule has 0 unspecified atom stereocenters. The highest BCUT2D eigenvalue weighted by atomic mass is 19.1. The van der Waals surface area contributed by atoms with E-state index >= 15 is 0 Å². The Balaban J connectivity index is 1.41. The molecule has 0 bridgehead atoms. The summed E-state index contributed by atoms with van der Waals surface area (Å²) in [7, 11) is 0. The average molecular weight is 340 g/mol. The van der Waals surface area contributed by atoms with E-state index in [0.29, 0.717) is 31.7 Å². The topological polar surface area (TPSA) is 49.3 Å². The van der Waals surface area contributed by atoms with Gasteiger partial charge in [-0.2, -0.15) is 0 Å². The second kappa shape index (κ2) is 6.78. The van der Waals surface area contributed by atoms with Gasteiger partial charge in [-0.15, -0.1) is 0 Å². The molecule has 1 aromatic carbocycles. The predicted molar refractivity (Wildman–Crippen MR) is 93.2 cm³/mol. The molecule has 1 aliphatic heterocycles. The number of anilines is 1. The Morgan fingerprint density at radius 2 is 1.72 bits per heavy atom. The van der Waals surface area contributed by atoms with Gasteiger partial charge in [0, 0.05) is 43.6 Å². The van der Waals surface area contributed by atoms with Crippen molar-refractivity contribution in [2.45, 2.75) is 25.7 Å². The quantitative estimate of drug-likeness (QED) is 0.843. The van der Waals surface area contributed by atoms with Crippen LogP contribution in [0.5, 0.6) is 0 Å². The van der Waals surface area contributed by atoms with Crippen LogP contribution in [0.3, 0.4) is 0 Å². The first-order chi connectivity index (χ1) is 12.2. The van der Waals surface area contributed by atoms with Crippen molar-refractivity contribution in [3.63, 3.8) is 0 Å². The highest BCUT2D eigenvalue weighted by Gasteiger charge is 2.24. The number of carbonyl (C=O) groups is 1. The molecule has 0 N–H and O–H groups in total. The van der Waals surface area contributed by atoms with Crippen molar-refractivity contribution in [2.75, 3.05) is 31.1 Å². The average Bonchev–Trinajstić information content (AvgIpc) is 2.68. The third-order valence-electron chi connectivity index (χ3n) is 4.99. The van der Waals surface area contributed by atoms with Crippen LogP contribution in [-0.4, -0.2) is 47.0 Å². The van der Waals surface area contributed by atoms with E-state index in [1.165, 1.54) is 48.4 Å². The highest BCUT2D eigenvalue weighted by Crippen LogP contribution is 2.21. The number of piperazine rings is 1. The molecule has 1 amide bonds. The normalized spacial score (nSPS) is 17.3. The molecular weight excluding hydrogens is 319 g/mol. The maximum atomic E-state index is 13.0. The first-order valence-electron chi connectivity index (χ1n) is 8.85. The van der Waals surface area contributed by atoms with Gasteiger partial charge in [-0.3, -0.25) is 4.79 Å². The zero-order chi connectivity index (χ0) is 17.2. The molecule has 0 atom stereocenters. The van der Waals surface area contributed by atoms with E-state index in [4.69, 9.17) is 4.98 Å². The van der Waals surface area contributed by atoms with Gasteiger partial charge in [0.1, 0.15) is 5.82 Å². The lowest BCUT2D eigenvalue weighted by molar-refractivity contribution is 0.0746. The van der Waals surface area contributed by atoms with Gasteiger partial charge in [-0.25, -0.2) is 14.4 Å². The summed E-state index contributed by atoms with van der Waals surface area (Å²) in [5.74, 6) is 0.395. The number of carbonyl (C=O) groups excluding carboxylic acids is 1. The van der Waals surface area contributed by atoms with Crippen LogP contribution in [0.1, 0.15) is 34.5 Å². The van der Waals surface area contributed by atoms with E-state index in [0.717, 1.165) is 18.8 Å². The van der Waals surface area contributed by atoms with E-state index in [9.17, 15) is 9.18 Å². The largest absolute Gasteiger partial charge is 0.337 e. The number of aryl methyl sites for hydroxylation is 2. The van der Waals surface area contributed by atoms with E-state index in [2.05, 4.69) is 9.88 Å². The maximum absolute atomic E-state index is 13.0.